The van der Waals surface area contributed by atoms with Gasteiger partial charge in [-0.25, -0.2) is 0 Å². The third-order valence-electron chi connectivity index (χ3n) is 9.44. The van der Waals surface area contributed by atoms with Gasteiger partial charge in [-0.15, -0.1) is 0 Å². The quantitative estimate of drug-likeness (QED) is 0.0801. The molecule has 1 aliphatic heterocycles. The molecule has 266 valence electrons. The van der Waals surface area contributed by atoms with Crippen molar-refractivity contribution in [2.45, 2.75) is 81.8 Å². The average Bonchev–Trinajstić information content (AvgIpc) is 3.39. The Morgan fingerprint density at radius 1 is 0.560 bits per heavy atom. The first-order valence-electron chi connectivity index (χ1n) is 17.7. The second-order valence-electron chi connectivity index (χ2n) is 12.9. The van der Waals surface area contributed by atoms with E-state index in [1.54, 1.807) is 7.11 Å². The summed E-state index contributed by atoms with van der Waals surface area (Å²) in [5, 5.41) is 0. The van der Waals surface area contributed by atoms with Crippen molar-refractivity contribution in [1.29, 1.82) is 0 Å². The molecule has 0 unspecified atom stereocenters. The predicted molar refractivity (Wildman–Crippen MR) is 190 cm³/mol. The van der Waals surface area contributed by atoms with Crippen molar-refractivity contribution in [3.63, 3.8) is 0 Å². The van der Waals surface area contributed by atoms with E-state index in [0.717, 1.165) is 35.1 Å². The zero-order valence-corrected chi connectivity index (χ0v) is 29.0. The van der Waals surface area contributed by atoms with Gasteiger partial charge in [0.1, 0.15) is 42.9 Å². The van der Waals surface area contributed by atoms with E-state index in [4.69, 9.17) is 37.9 Å². The first kappa shape index (κ1) is 36.4. The molecule has 1 saturated heterocycles. The second kappa shape index (κ2) is 19.2. The first-order chi connectivity index (χ1) is 24.8. The third kappa shape index (κ3) is 9.66. The molecule has 2 fully saturated rings. The molecule has 0 aromatic heterocycles. The lowest BCUT2D eigenvalue weighted by Crippen LogP contribution is -2.73. The Morgan fingerprint density at radius 2 is 1.04 bits per heavy atom. The SMILES string of the molecule is COCCOCO[C@@]12CCCCO[C@@H]1[C@H](OCc1ccccc1)[C@@H](OCc1ccccc1)[C@H](OCc1ccccc1)[C@H]2OCc1ccccc1. The van der Waals surface area contributed by atoms with Crippen LogP contribution in [0, 0.1) is 0 Å². The fourth-order valence-electron chi connectivity index (χ4n) is 6.92. The van der Waals surface area contributed by atoms with Crippen LogP contribution in [-0.4, -0.2) is 69.8 Å². The number of hydrogen-bond donors (Lipinski definition) is 0. The minimum absolute atomic E-state index is 0.0424. The number of hydrogen-bond acceptors (Lipinski definition) is 8. The molecule has 8 heteroatoms. The van der Waals surface area contributed by atoms with Crippen molar-refractivity contribution in [1.82, 2.24) is 0 Å². The summed E-state index contributed by atoms with van der Waals surface area (Å²) in [4.78, 5) is 0. The normalized spacial score (nSPS) is 25.1. The highest BCUT2D eigenvalue weighted by Crippen LogP contribution is 2.46. The van der Waals surface area contributed by atoms with Gasteiger partial charge in [-0.3, -0.25) is 0 Å². The Balaban J connectivity index is 1.41. The summed E-state index contributed by atoms with van der Waals surface area (Å²) >= 11 is 0. The van der Waals surface area contributed by atoms with Gasteiger partial charge in [0, 0.05) is 13.7 Å². The number of ether oxygens (including phenoxy) is 8. The maximum absolute atomic E-state index is 7.02. The summed E-state index contributed by atoms with van der Waals surface area (Å²) < 4.78 is 52.8. The lowest BCUT2D eigenvalue weighted by molar-refractivity contribution is -0.334. The minimum Gasteiger partial charge on any atom is -0.382 e. The van der Waals surface area contributed by atoms with Gasteiger partial charge < -0.3 is 37.9 Å². The van der Waals surface area contributed by atoms with Gasteiger partial charge >= 0.3 is 0 Å². The molecule has 0 spiro atoms. The number of benzene rings is 4. The van der Waals surface area contributed by atoms with E-state index in [1.807, 2.05) is 72.8 Å². The van der Waals surface area contributed by atoms with Gasteiger partial charge in [0.2, 0.25) is 0 Å². The predicted octanol–water partition coefficient (Wildman–Crippen LogP) is 7.29. The maximum atomic E-state index is 7.02. The van der Waals surface area contributed by atoms with E-state index in [0.29, 0.717) is 52.7 Å². The van der Waals surface area contributed by atoms with E-state index >= 15 is 0 Å². The lowest BCUT2D eigenvalue weighted by atomic mass is 9.71. The van der Waals surface area contributed by atoms with Crippen molar-refractivity contribution in [3.05, 3.63) is 144 Å². The van der Waals surface area contributed by atoms with E-state index < -0.39 is 36.1 Å². The Labute approximate surface area is 296 Å². The molecule has 6 rings (SSSR count). The number of methoxy groups -OCH3 is 1. The standard InChI is InChI=1S/C42H50O8/c1-43-26-27-44-32-50-42-24-14-15-25-45-40(42)38(47-29-34-18-8-3-9-19-34)37(46-28-33-16-6-2-7-17-33)39(48-30-35-20-10-4-11-21-35)41(42)49-31-36-22-12-5-13-23-36/h2-13,16-23,37-41H,14-15,24-32H2,1H3/t37-,38-,39+,40-,41-,42+/m1/s1. The van der Waals surface area contributed by atoms with Gasteiger partial charge in [0.15, 0.2) is 0 Å². The lowest BCUT2D eigenvalue weighted by Gasteiger charge is -2.55. The molecule has 4 aromatic carbocycles. The molecule has 50 heavy (non-hydrogen) atoms. The molecule has 0 N–H and O–H groups in total. The minimum atomic E-state index is -0.965. The molecule has 1 saturated carbocycles. The van der Waals surface area contributed by atoms with Crippen molar-refractivity contribution in [3.8, 4) is 0 Å². The van der Waals surface area contributed by atoms with Gasteiger partial charge in [0.25, 0.3) is 0 Å². The summed E-state index contributed by atoms with van der Waals surface area (Å²) in [5.41, 5.74) is 3.25. The molecular weight excluding hydrogens is 632 g/mol. The monoisotopic (exact) mass is 682 g/mol. The van der Waals surface area contributed by atoms with E-state index in [-0.39, 0.29) is 6.79 Å². The summed E-state index contributed by atoms with van der Waals surface area (Å²) in [7, 11) is 1.66. The zero-order chi connectivity index (χ0) is 34.3. The van der Waals surface area contributed by atoms with Crippen LogP contribution in [0.25, 0.3) is 0 Å². The Hall–Kier alpha value is -3.44. The Bertz CT molecular complexity index is 1490. The van der Waals surface area contributed by atoms with Crippen LogP contribution in [-0.2, 0) is 64.3 Å². The van der Waals surface area contributed by atoms with Crippen LogP contribution in [0.2, 0.25) is 0 Å². The molecule has 0 bridgehead atoms. The van der Waals surface area contributed by atoms with E-state index in [2.05, 4.69) is 48.5 Å². The molecule has 4 aromatic rings. The number of rotatable bonds is 18. The molecule has 0 radical (unpaired) electrons. The van der Waals surface area contributed by atoms with Gasteiger partial charge in [-0.05, 0) is 41.5 Å². The molecule has 1 aliphatic carbocycles. The van der Waals surface area contributed by atoms with Gasteiger partial charge in [-0.2, -0.15) is 0 Å². The number of fused-ring (bicyclic) bond motifs is 1. The van der Waals surface area contributed by atoms with Crippen LogP contribution in [0.4, 0.5) is 0 Å². The summed E-state index contributed by atoms with van der Waals surface area (Å²) in [6.45, 7) is 2.94. The first-order valence-corrected chi connectivity index (χ1v) is 17.7. The van der Waals surface area contributed by atoms with E-state index in [9.17, 15) is 0 Å². The van der Waals surface area contributed by atoms with Crippen LogP contribution in [0.1, 0.15) is 41.5 Å². The molecule has 1 heterocycles. The topological polar surface area (TPSA) is 73.8 Å². The molecule has 6 atom stereocenters. The average molecular weight is 683 g/mol. The molecular formula is C42H50O8. The van der Waals surface area contributed by atoms with Crippen molar-refractivity contribution in [2.75, 3.05) is 33.7 Å². The largest absolute Gasteiger partial charge is 0.382 e. The molecule has 2 aliphatic rings. The van der Waals surface area contributed by atoms with E-state index in [1.165, 1.54) is 0 Å². The highest BCUT2D eigenvalue weighted by atomic mass is 16.7. The van der Waals surface area contributed by atoms with Crippen molar-refractivity contribution < 1.29 is 37.9 Å². The van der Waals surface area contributed by atoms with Crippen LogP contribution in [0.5, 0.6) is 0 Å². The smallest absolute Gasteiger partial charge is 0.147 e. The van der Waals surface area contributed by atoms with Crippen molar-refractivity contribution >= 4 is 0 Å². The van der Waals surface area contributed by atoms with Crippen LogP contribution >= 0.6 is 0 Å². The fraction of sp³-hybridized carbons (Fsp3) is 0.429. The molecule has 8 nitrogen and oxygen atoms in total. The van der Waals surface area contributed by atoms with Gasteiger partial charge in [-0.1, -0.05) is 121 Å². The third-order valence-corrected chi connectivity index (χ3v) is 9.44. The van der Waals surface area contributed by atoms with Crippen LogP contribution < -0.4 is 0 Å². The Kier molecular flexibility index (Phi) is 14.0. The highest BCUT2D eigenvalue weighted by Gasteiger charge is 2.64. The summed E-state index contributed by atoms with van der Waals surface area (Å²) in [6, 6.07) is 40.8. The summed E-state index contributed by atoms with van der Waals surface area (Å²) in [5.74, 6) is 0. The van der Waals surface area contributed by atoms with Crippen molar-refractivity contribution in [2.24, 2.45) is 0 Å². The molecule has 0 amide bonds. The van der Waals surface area contributed by atoms with Crippen LogP contribution in [0.15, 0.2) is 121 Å². The Morgan fingerprint density at radius 3 is 1.56 bits per heavy atom. The highest BCUT2D eigenvalue weighted by molar-refractivity contribution is 5.19. The van der Waals surface area contributed by atoms with Gasteiger partial charge in [0.05, 0.1) is 39.6 Å². The fourth-order valence-corrected chi connectivity index (χ4v) is 6.92. The summed E-state index contributed by atoms with van der Waals surface area (Å²) in [6.07, 6.45) is -0.366. The zero-order valence-electron chi connectivity index (χ0n) is 29.0. The van der Waals surface area contributed by atoms with Crippen LogP contribution in [0.3, 0.4) is 0 Å². The maximum Gasteiger partial charge on any atom is 0.147 e. The second-order valence-corrected chi connectivity index (χ2v) is 12.9.